The third kappa shape index (κ3) is 6.05. The van der Waals surface area contributed by atoms with Crippen molar-refractivity contribution in [1.29, 1.82) is 0 Å². The van der Waals surface area contributed by atoms with Gasteiger partial charge in [-0.15, -0.1) is 0 Å². The number of nitrogens with zero attached hydrogens (tertiary/aromatic N) is 3. The molecule has 13 nitrogen and oxygen atoms in total. The number of amides is 1. The van der Waals surface area contributed by atoms with Gasteiger partial charge < -0.3 is 31.2 Å². The molecule has 0 radical (unpaired) electrons. The average Bonchev–Trinajstić information content (AvgIpc) is 3.60. The van der Waals surface area contributed by atoms with E-state index in [1.807, 2.05) is 0 Å². The Morgan fingerprint density at radius 1 is 1.15 bits per heavy atom. The van der Waals surface area contributed by atoms with E-state index in [9.17, 15) is 18.0 Å². The molecule has 3 fully saturated rings. The van der Waals surface area contributed by atoms with Gasteiger partial charge in [-0.3, -0.25) is 9.59 Å². The molecule has 0 saturated carbocycles. The number of nitrogens with one attached hydrogen (secondary N) is 2. The fourth-order valence-corrected chi connectivity index (χ4v) is 6.26. The summed E-state index contributed by atoms with van der Waals surface area (Å²) >= 11 is 5.90. The second-order valence-corrected chi connectivity index (χ2v) is 12.0. The van der Waals surface area contributed by atoms with E-state index in [4.69, 9.17) is 32.5 Å². The fraction of sp³-hybridized carbons (Fsp3) is 0.440. The van der Waals surface area contributed by atoms with Crippen molar-refractivity contribution in [2.24, 2.45) is 0 Å². The molecule has 3 aliphatic rings. The maximum absolute atomic E-state index is 13.2. The van der Waals surface area contributed by atoms with Crippen LogP contribution in [0.3, 0.4) is 0 Å². The number of nitrogens with two attached hydrogens (primary N) is 2. The molecule has 4 heterocycles. The number of aromatic nitrogens is 2. The molecule has 3 aliphatic heterocycles. The number of allylic oxidation sites excluding steroid dienone is 2. The molecule has 1 amide bonds. The van der Waals surface area contributed by atoms with Crippen LogP contribution in [-0.2, 0) is 19.5 Å². The van der Waals surface area contributed by atoms with Crippen molar-refractivity contribution in [3.8, 4) is 0 Å². The molecule has 5 rings (SSSR count). The number of ketones is 1. The molecule has 15 heteroatoms. The summed E-state index contributed by atoms with van der Waals surface area (Å²) in [6.07, 6.45) is 3.61. The van der Waals surface area contributed by atoms with Gasteiger partial charge in [0.2, 0.25) is 15.8 Å². The monoisotopic (exact) mass is 591 g/mol. The highest BCUT2D eigenvalue weighted by atomic mass is 35.5. The Hall–Kier alpha value is -3.30. The lowest BCUT2D eigenvalue weighted by molar-refractivity contribution is -0.0355. The van der Waals surface area contributed by atoms with E-state index >= 15 is 0 Å². The number of benzene rings is 1. The molecule has 0 bridgehead atoms. The van der Waals surface area contributed by atoms with Crippen LogP contribution in [0.15, 0.2) is 40.9 Å². The highest BCUT2D eigenvalue weighted by Crippen LogP contribution is 2.35. The van der Waals surface area contributed by atoms with Gasteiger partial charge in [-0.25, -0.2) is 23.1 Å². The van der Waals surface area contributed by atoms with E-state index < -0.39 is 22.1 Å². The first kappa shape index (κ1) is 28.2. The van der Waals surface area contributed by atoms with Crippen LogP contribution in [0.4, 0.5) is 11.6 Å². The quantitative estimate of drug-likeness (QED) is 0.266. The number of piperidine rings is 1. The minimum absolute atomic E-state index is 0.00514. The van der Waals surface area contributed by atoms with Gasteiger partial charge >= 0.3 is 0 Å². The molecule has 1 spiro atoms. The van der Waals surface area contributed by atoms with Crippen molar-refractivity contribution in [3.05, 3.63) is 52.4 Å². The van der Waals surface area contributed by atoms with Crippen molar-refractivity contribution in [2.45, 2.75) is 42.4 Å². The normalized spacial score (nSPS) is 20.2. The molecule has 3 saturated heterocycles. The SMILES string of the molecule is Nc1nc(N)c(C(=O)/C=C2\CCC3(CCN(C(=O)c4cccc(S(=O)(=O)NCC5OCCO5)c4)CC3)N2)nc1Cl. The number of carbonyl (C=O) groups excluding carboxylic acids is 2. The zero-order valence-electron chi connectivity index (χ0n) is 21.6. The van der Waals surface area contributed by atoms with E-state index in [1.165, 1.54) is 18.2 Å². The smallest absolute Gasteiger partial charge is 0.253 e. The lowest BCUT2D eigenvalue weighted by atomic mass is 9.86. The molecular formula is C25H30ClN7O6S. The van der Waals surface area contributed by atoms with Gasteiger partial charge in [0.25, 0.3) is 5.91 Å². The second-order valence-electron chi connectivity index (χ2n) is 9.92. The van der Waals surface area contributed by atoms with E-state index in [0.717, 1.165) is 12.1 Å². The first-order valence-electron chi connectivity index (χ1n) is 12.8. The topological polar surface area (TPSA) is 192 Å². The fourth-order valence-electron chi connectivity index (χ4n) is 5.08. The first-order valence-corrected chi connectivity index (χ1v) is 14.7. The van der Waals surface area contributed by atoms with E-state index in [2.05, 4.69) is 20.0 Å². The van der Waals surface area contributed by atoms with Crippen LogP contribution in [0.5, 0.6) is 0 Å². The molecule has 2 aromatic rings. The van der Waals surface area contributed by atoms with Gasteiger partial charge in [0.15, 0.2) is 28.8 Å². The number of hydrogen-bond donors (Lipinski definition) is 4. The van der Waals surface area contributed by atoms with Crippen molar-refractivity contribution in [3.63, 3.8) is 0 Å². The predicted molar refractivity (Wildman–Crippen MR) is 146 cm³/mol. The number of rotatable bonds is 7. The minimum atomic E-state index is -3.85. The van der Waals surface area contributed by atoms with Crippen LogP contribution < -0.4 is 21.5 Å². The van der Waals surface area contributed by atoms with Gasteiger partial charge in [-0.05, 0) is 43.9 Å². The number of nitrogen functional groups attached to an aromatic ring is 2. The Kier molecular flexibility index (Phi) is 7.97. The third-order valence-electron chi connectivity index (χ3n) is 7.27. The van der Waals surface area contributed by atoms with E-state index in [1.54, 1.807) is 17.0 Å². The van der Waals surface area contributed by atoms with Crippen LogP contribution in [0, 0.1) is 0 Å². The van der Waals surface area contributed by atoms with Gasteiger partial charge in [0.05, 0.1) is 24.7 Å². The lowest BCUT2D eigenvalue weighted by Crippen LogP contribution is -2.51. The maximum Gasteiger partial charge on any atom is 0.253 e. The van der Waals surface area contributed by atoms with Crippen LogP contribution in [-0.4, -0.2) is 79.7 Å². The summed E-state index contributed by atoms with van der Waals surface area (Å²) < 4.78 is 38.5. The van der Waals surface area contributed by atoms with Crippen molar-refractivity contribution >= 4 is 45.0 Å². The molecule has 0 unspecified atom stereocenters. The number of ether oxygens (including phenoxy) is 2. The summed E-state index contributed by atoms with van der Waals surface area (Å²) in [5, 5.41) is 3.38. The predicted octanol–water partition coefficient (Wildman–Crippen LogP) is 1.07. The number of halogens is 1. The molecule has 40 heavy (non-hydrogen) atoms. The summed E-state index contributed by atoms with van der Waals surface area (Å²) in [6.45, 7) is 1.78. The van der Waals surface area contributed by atoms with Crippen LogP contribution in [0.25, 0.3) is 0 Å². The van der Waals surface area contributed by atoms with Gasteiger partial charge in [-0.2, -0.15) is 0 Å². The summed E-state index contributed by atoms with van der Waals surface area (Å²) in [7, 11) is -3.85. The Bertz CT molecular complexity index is 1450. The highest BCUT2D eigenvalue weighted by Gasteiger charge is 2.40. The van der Waals surface area contributed by atoms with Crippen molar-refractivity contribution in [1.82, 2.24) is 24.9 Å². The molecule has 1 aromatic heterocycles. The Balaban J connectivity index is 1.19. The number of hydrogen-bond acceptors (Lipinski definition) is 11. The van der Waals surface area contributed by atoms with Gasteiger partial charge in [0.1, 0.15) is 0 Å². The minimum Gasteiger partial charge on any atom is -0.383 e. The third-order valence-corrected chi connectivity index (χ3v) is 8.97. The molecular weight excluding hydrogens is 562 g/mol. The number of anilines is 2. The molecule has 0 aliphatic carbocycles. The van der Waals surface area contributed by atoms with E-state index in [-0.39, 0.29) is 45.4 Å². The van der Waals surface area contributed by atoms with Crippen LogP contribution in [0.2, 0.25) is 5.15 Å². The lowest BCUT2D eigenvalue weighted by Gasteiger charge is -2.39. The Morgan fingerprint density at radius 2 is 1.88 bits per heavy atom. The van der Waals surface area contributed by atoms with Crippen LogP contribution in [0.1, 0.15) is 46.5 Å². The maximum atomic E-state index is 13.2. The van der Waals surface area contributed by atoms with Gasteiger partial charge in [-0.1, -0.05) is 17.7 Å². The number of likely N-dealkylation sites (tertiary alicyclic amines) is 1. The summed E-state index contributed by atoms with van der Waals surface area (Å²) in [4.78, 5) is 35.5. The van der Waals surface area contributed by atoms with E-state index in [0.29, 0.717) is 51.1 Å². The number of sulfonamides is 1. The molecule has 214 valence electrons. The van der Waals surface area contributed by atoms with Gasteiger partial charge in [0, 0.05) is 36.0 Å². The molecule has 0 atom stereocenters. The zero-order chi connectivity index (χ0) is 28.5. The zero-order valence-corrected chi connectivity index (χ0v) is 23.1. The number of carbonyl (C=O) groups is 2. The summed E-state index contributed by atoms with van der Waals surface area (Å²) in [5.41, 5.74) is 12.1. The Morgan fingerprint density at radius 3 is 2.60 bits per heavy atom. The Labute approximate surface area is 236 Å². The highest BCUT2D eigenvalue weighted by molar-refractivity contribution is 7.89. The molecule has 1 aromatic carbocycles. The standard InChI is InChI=1S/C25H30ClN7O6S/c26-21-23(28)31-22(27)20(30-21)18(34)13-16-4-5-25(32-16)6-8-33(9-7-25)24(35)15-2-1-3-17(12-15)40(36,37)29-14-19-38-10-11-39-19/h1-3,12-13,19,29,32H,4-11,14H2,(H4,27,28,31)/b16-13+. The largest absolute Gasteiger partial charge is 0.383 e. The molecule has 6 N–H and O–H groups in total. The van der Waals surface area contributed by atoms with Crippen LogP contribution >= 0.6 is 11.6 Å². The van der Waals surface area contributed by atoms with Crippen molar-refractivity contribution < 1.29 is 27.5 Å². The average molecular weight is 592 g/mol. The first-order chi connectivity index (χ1) is 19.1. The summed E-state index contributed by atoms with van der Waals surface area (Å²) in [6, 6.07) is 5.97. The summed E-state index contributed by atoms with van der Waals surface area (Å²) in [5.74, 6) is -0.802. The second kappa shape index (κ2) is 11.3. The van der Waals surface area contributed by atoms with Crippen molar-refractivity contribution in [2.75, 3.05) is 44.3 Å².